The molecule has 0 spiro atoms. The van der Waals surface area contributed by atoms with E-state index < -0.39 is 18.1 Å². The van der Waals surface area contributed by atoms with Crippen molar-refractivity contribution in [1.29, 1.82) is 0 Å². The second-order valence-electron chi connectivity index (χ2n) is 2.00. The lowest BCUT2D eigenvalue weighted by atomic mass is 10.1. The number of hydrogen-bond donors (Lipinski definition) is 1. The quantitative estimate of drug-likeness (QED) is 0.551. The average molecular weight is 134 g/mol. The van der Waals surface area contributed by atoms with E-state index in [1.807, 2.05) is 0 Å². The summed E-state index contributed by atoms with van der Waals surface area (Å²) in [6, 6.07) is 0. The van der Waals surface area contributed by atoms with Crippen LogP contribution in [0.4, 0.5) is 4.39 Å². The van der Waals surface area contributed by atoms with Gasteiger partial charge in [-0.3, -0.25) is 4.79 Å². The molecule has 9 heavy (non-hydrogen) atoms. The summed E-state index contributed by atoms with van der Waals surface area (Å²) in [5.41, 5.74) is 0. The molecule has 1 aliphatic heterocycles. The molecular formula is C5H7FO3. The highest BCUT2D eigenvalue weighted by molar-refractivity contribution is 5.71. The molecule has 0 amide bonds. The van der Waals surface area contributed by atoms with Crippen molar-refractivity contribution in [3.8, 4) is 0 Å². The van der Waals surface area contributed by atoms with Crippen LogP contribution in [-0.4, -0.2) is 30.5 Å². The molecule has 1 heterocycles. The number of aliphatic carboxylic acids is 1. The molecule has 4 heteroatoms. The van der Waals surface area contributed by atoms with Gasteiger partial charge in [0.2, 0.25) is 0 Å². The van der Waals surface area contributed by atoms with Crippen molar-refractivity contribution in [3.05, 3.63) is 0 Å². The van der Waals surface area contributed by atoms with E-state index in [2.05, 4.69) is 4.74 Å². The predicted octanol–water partition coefficient (Wildman–Crippen LogP) is 0.0555. The van der Waals surface area contributed by atoms with Crippen LogP contribution in [0, 0.1) is 5.92 Å². The summed E-state index contributed by atoms with van der Waals surface area (Å²) in [4.78, 5) is 10.1. The molecule has 52 valence electrons. The summed E-state index contributed by atoms with van der Waals surface area (Å²) >= 11 is 0. The molecular weight excluding hydrogens is 127 g/mol. The van der Waals surface area contributed by atoms with Gasteiger partial charge in [0.15, 0.2) is 0 Å². The second-order valence-corrected chi connectivity index (χ2v) is 2.00. The molecule has 1 N–H and O–H groups in total. The topological polar surface area (TPSA) is 46.5 Å². The van der Waals surface area contributed by atoms with Crippen LogP contribution in [0.1, 0.15) is 0 Å². The predicted molar refractivity (Wildman–Crippen MR) is 26.8 cm³/mol. The first kappa shape index (κ1) is 6.48. The maximum Gasteiger partial charge on any atom is 0.311 e. The molecule has 1 saturated heterocycles. The van der Waals surface area contributed by atoms with Crippen molar-refractivity contribution in [3.63, 3.8) is 0 Å². The molecule has 2 atom stereocenters. The molecule has 0 aromatic heterocycles. The Morgan fingerprint density at radius 2 is 2.33 bits per heavy atom. The van der Waals surface area contributed by atoms with Crippen molar-refractivity contribution in [2.75, 3.05) is 13.2 Å². The van der Waals surface area contributed by atoms with Gasteiger partial charge >= 0.3 is 5.97 Å². The number of ether oxygens (including phenoxy) is 1. The number of halogens is 1. The largest absolute Gasteiger partial charge is 0.481 e. The first-order chi connectivity index (χ1) is 4.22. The fraction of sp³-hybridized carbons (Fsp3) is 0.800. The zero-order chi connectivity index (χ0) is 6.85. The summed E-state index contributed by atoms with van der Waals surface area (Å²) in [5.74, 6) is -2.05. The molecule has 0 aliphatic carbocycles. The van der Waals surface area contributed by atoms with Gasteiger partial charge in [0.25, 0.3) is 0 Å². The van der Waals surface area contributed by atoms with Crippen LogP contribution in [0.5, 0.6) is 0 Å². The number of hydrogen-bond acceptors (Lipinski definition) is 2. The summed E-state index contributed by atoms with van der Waals surface area (Å²) in [7, 11) is 0. The van der Waals surface area contributed by atoms with E-state index in [0.717, 1.165) is 0 Å². The van der Waals surface area contributed by atoms with Crippen LogP contribution in [-0.2, 0) is 9.53 Å². The van der Waals surface area contributed by atoms with Crippen molar-refractivity contribution < 1.29 is 19.0 Å². The van der Waals surface area contributed by atoms with Crippen LogP contribution in [0.25, 0.3) is 0 Å². The van der Waals surface area contributed by atoms with Gasteiger partial charge in [-0.1, -0.05) is 0 Å². The summed E-state index contributed by atoms with van der Waals surface area (Å²) in [5, 5.41) is 8.26. The number of carbonyl (C=O) groups is 1. The Hall–Kier alpha value is -0.640. The molecule has 1 rings (SSSR count). The van der Waals surface area contributed by atoms with Crippen molar-refractivity contribution in [2.45, 2.75) is 6.17 Å². The lowest BCUT2D eigenvalue weighted by Gasteiger charge is -2.01. The molecule has 1 fully saturated rings. The van der Waals surface area contributed by atoms with E-state index >= 15 is 0 Å². The van der Waals surface area contributed by atoms with Gasteiger partial charge in [0.1, 0.15) is 12.1 Å². The van der Waals surface area contributed by atoms with Gasteiger partial charge < -0.3 is 9.84 Å². The molecule has 3 nitrogen and oxygen atoms in total. The standard InChI is InChI=1S/C5H7FO3/c6-4-2-9-1-3(4)5(7)8/h3-4H,1-2H2,(H,7,8)/t3-,4-/m1/s1. The lowest BCUT2D eigenvalue weighted by Crippen LogP contribution is -2.22. The zero-order valence-electron chi connectivity index (χ0n) is 4.71. The zero-order valence-corrected chi connectivity index (χ0v) is 4.71. The summed E-state index contributed by atoms with van der Waals surface area (Å²) < 4.78 is 16.9. The minimum atomic E-state index is -1.32. The molecule has 0 bridgehead atoms. The van der Waals surface area contributed by atoms with E-state index in [1.165, 1.54) is 0 Å². The van der Waals surface area contributed by atoms with Gasteiger partial charge in [-0.05, 0) is 0 Å². The minimum Gasteiger partial charge on any atom is -0.481 e. The van der Waals surface area contributed by atoms with E-state index in [9.17, 15) is 9.18 Å². The minimum absolute atomic E-state index is 0.0104. The van der Waals surface area contributed by atoms with Crippen LogP contribution in [0.3, 0.4) is 0 Å². The van der Waals surface area contributed by atoms with Crippen LogP contribution >= 0.6 is 0 Å². The van der Waals surface area contributed by atoms with Gasteiger partial charge in [-0.15, -0.1) is 0 Å². The van der Waals surface area contributed by atoms with Crippen molar-refractivity contribution >= 4 is 5.97 Å². The fourth-order valence-corrected chi connectivity index (χ4v) is 0.754. The van der Waals surface area contributed by atoms with Crippen LogP contribution in [0.2, 0.25) is 0 Å². The molecule has 0 saturated carbocycles. The number of carboxylic acids is 1. The molecule has 0 aromatic carbocycles. The van der Waals surface area contributed by atoms with Gasteiger partial charge in [0.05, 0.1) is 13.2 Å². The van der Waals surface area contributed by atoms with E-state index in [0.29, 0.717) is 0 Å². The number of carboxylic acid groups (broad SMARTS) is 1. The summed E-state index contributed by atoms with van der Waals surface area (Å²) in [6.45, 7) is -0.0620. The monoisotopic (exact) mass is 134 g/mol. The van der Waals surface area contributed by atoms with Crippen LogP contribution in [0.15, 0.2) is 0 Å². The Balaban J connectivity index is 2.49. The molecule has 0 radical (unpaired) electrons. The third-order valence-electron chi connectivity index (χ3n) is 1.33. The Labute approximate surface area is 51.4 Å². The SMILES string of the molecule is O=C(O)[C@@H]1COC[C@H]1F. The fourth-order valence-electron chi connectivity index (χ4n) is 0.754. The Kier molecular flexibility index (Phi) is 1.66. The molecule has 0 aromatic rings. The Bertz CT molecular complexity index is 125. The highest BCUT2D eigenvalue weighted by Gasteiger charge is 2.33. The van der Waals surface area contributed by atoms with E-state index in [4.69, 9.17) is 5.11 Å². The maximum atomic E-state index is 12.3. The number of alkyl halides is 1. The smallest absolute Gasteiger partial charge is 0.311 e. The van der Waals surface area contributed by atoms with Crippen LogP contribution < -0.4 is 0 Å². The van der Waals surface area contributed by atoms with Crippen molar-refractivity contribution in [1.82, 2.24) is 0 Å². The van der Waals surface area contributed by atoms with E-state index in [-0.39, 0.29) is 13.2 Å². The Morgan fingerprint density at radius 1 is 1.67 bits per heavy atom. The first-order valence-corrected chi connectivity index (χ1v) is 2.66. The maximum absolute atomic E-state index is 12.3. The average Bonchev–Trinajstić information content (AvgIpc) is 2.13. The van der Waals surface area contributed by atoms with Crippen molar-refractivity contribution in [2.24, 2.45) is 5.92 Å². The summed E-state index contributed by atoms with van der Waals surface area (Å²) in [6.07, 6.45) is -1.32. The lowest BCUT2D eigenvalue weighted by molar-refractivity contribution is -0.142. The van der Waals surface area contributed by atoms with Gasteiger partial charge in [-0.25, -0.2) is 4.39 Å². The molecule has 1 aliphatic rings. The highest BCUT2D eigenvalue weighted by Crippen LogP contribution is 2.16. The Morgan fingerprint density at radius 3 is 2.56 bits per heavy atom. The normalized spacial score (nSPS) is 34.8. The van der Waals surface area contributed by atoms with Gasteiger partial charge in [0, 0.05) is 0 Å². The van der Waals surface area contributed by atoms with E-state index in [1.54, 1.807) is 0 Å². The number of rotatable bonds is 1. The third kappa shape index (κ3) is 1.18. The third-order valence-corrected chi connectivity index (χ3v) is 1.33. The molecule has 0 unspecified atom stereocenters. The van der Waals surface area contributed by atoms with Gasteiger partial charge in [-0.2, -0.15) is 0 Å². The second kappa shape index (κ2) is 2.31. The highest BCUT2D eigenvalue weighted by atomic mass is 19.1. The first-order valence-electron chi connectivity index (χ1n) is 2.66.